The van der Waals surface area contributed by atoms with Crippen molar-refractivity contribution in [1.82, 2.24) is 23.7 Å². The summed E-state index contributed by atoms with van der Waals surface area (Å²) in [5.41, 5.74) is 1.47. The Labute approximate surface area is 183 Å². The molecular weight excluding hydrogens is 434 g/mol. The zero-order valence-electron chi connectivity index (χ0n) is 17.3. The van der Waals surface area contributed by atoms with Crippen molar-refractivity contribution in [3.63, 3.8) is 0 Å². The molecule has 1 fully saturated rings. The first-order valence-electron chi connectivity index (χ1n) is 10.2. The van der Waals surface area contributed by atoms with Crippen LogP contribution in [0.2, 0.25) is 0 Å². The normalized spacial score (nSPS) is 16.6. The van der Waals surface area contributed by atoms with Gasteiger partial charge in [-0.05, 0) is 31.2 Å². The van der Waals surface area contributed by atoms with E-state index >= 15 is 0 Å². The lowest BCUT2D eigenvalue weighted by atomic mass is 10.2. The molecule has 4 aromatic rings. The Kier molecular flexibility index (Phi) is 4.86. The minimum Gasteiger partial charge on any atom is -0.408 e. The summed E-state index contributed by atoms with van der Waals surface area (Å²) in [6.07, 6.45) is 3.04. The number of fused-ring (bicyclic) bond motifs is 2. The van der Waals surface area contributed by atoms with Crippen LogP contribution in [0.4, 0.5) is 0 Å². The lowest BCUT2D eigenvalue weighted by Gasteiger charge is -2.35. The van der Waals surface area contributed by atoms with Crippen molar-refractivity contribution in [3.05, 3.63) is 59.3 Å². The van der Waals surface area contributed by atoms with Crippen LogP contribution in [0.5, 0.6) is 0 Å². The molecule has 1 aliphatic heterocycles. The van der Waals surface area contributed by atoms with Crippen LogP contribution in [0.3, 0.4) is 0 Å². The number of nitrogens with one attached hydrogen (secondary N) is 1. The summed E-state index contributed by atoms with van der Waals surface area (Å²) in [5, 5.41) is 0.533. The molecule has 32 heavy (non-hydrogen) atoms. The first kappa shape index (κ1) is 20.5. The quantitative estimate of drug-likeness (QED) is 0.499. The molecule has 5 rings (SSSR count). The number of pyridine rings is 1. The van der Waals surface area contributed by atoms with E-state index in [0.717, 1.165) is 0 Å². The van der Waals surface area contributed by atoms with E-state index in [0.29, 0.717) is 22.1 Å². The highest BCUT2D eigenvalue weighted by Gasteiger charge is 2.34. The fraction of sp³-hybridized carbons (Fsp3) is 0.286. The van der Waals surface area contributed by atoms with Gasteiger partial charge in [-0.15, -0.1) is 0 Å². The van der Waals surface area contributed by atoms with E-state index in [1.807, 2.05) is 0 Å². The third kappa shape index (κ3) is 3.21. The molecule has 0 radical (unpaired) electrons. The number of rotatable bonds is 4. The van der Waals surface area contributed by atoms with Gasteiger partial charge < -0.3 is 14.3 Å². The predicted octanol–water partition coefficient (Wildman–Crippen LogP) is 1.56. The minimum absolute atomic E-state index is 0.161. The zero-order valence-corrected chi connectivity index (χ0v) is 18.1. The maximum absolute atomic E-state index is 13.2. The highest BCUT2D eigenvalue weighted by molar-refractivity contribution is 7.89. The second-order valence-corrected chi connectivity index (χ2v) is 9.57. The predicted molar refractivity (Wildman–Crippen MR) is 117 cm³/mol. The third-order valence-corrected chi connectivity index (χ3v) is 7.78. The van der Waals surface area contributed by atoms with Gasteiger partial charge in [0.25, 0.3) is 0 Å². The Morgan fingerprint density at radius 3 is 2.66 bits per heavy atom. The molecule has 0 aliphatic carbocycles. The number of carbonyl (C=O) groups excluding carboxylic acids is 1. The monoisotopic (exact) mass is 455 g/mol. The number of aromatic nitrogens is 3. The van der Waals surface area contributed by atoms with Crippen molar-refractivity contribution < 1.29 is 17.6 Å². The molecule has 1 atom stereocenters. The first-order chi connectivity index (χ1) is 15.4. The van der Waals surface area contributed by atoms with Crippen molar-refractivity contribution >= 4 is 38.1 Å². The molecule has 0 bridgehead atoms. The summed E-state index contributed by atoms with van der Waals surface area (Å²) in [7, 11) is -3.74. The molecule has 1 N–H and O–H groups in total. The van der Waals surface area contributed by atoms with Gasteiger partial charge in [-0.3, -0.25) is 9.36 Å². The summed E-state index contributed by atoms with van der Waals surface area (Å²) in [5.74, 6) is -0.854. The molecule has 10 nitrogen and oxygen atoms in total. The van der Waals surface area contributed by atoms with Gasteiger partial charge in [0.05, 0.1) is 5.52 Å². The number of amides is 1. The van der Waals surface area contributed by atoms with E-state index in [-0.39, 0.29) is 37.0 Å². The Morgan fingerprint density at radius 1 is 1.12 bits per heavy atom. The SMILES string of the molecule is CC(C(=O)N1CCN(S(=O)(=O)c2c[nH]c3ncccc23)CC1)n1c(=O)oc2ccccc21. The van der Waals surface area contributed by atoms with Crippen molar-refractivity contribution in [3.8, 4) is 0 Å². The van der Waals surface area contributed by atoms with E-state index in [1.165, 1.54) is 15.1 Å². The molecular formula is C21H21N5O5S. The number of sulfonamides is 1. The van der Waals surface area contributed by atoms with Crippen LogP contribution in [-0.2, 0) is 14.8 Å². The highest BCUT2D eigenvalue weighted by atomic mass is 32.2. The van der Waals surface area contributed by atoms with Crippen molar-refractivity contribution in [2.75, 3.05) is 26.2 Å². The van der Waals surface area contributed by atoms with Gasteiger partial charge in [-0.1, -0.05) is 12.1 Å². The summed E-state index contributed by atoms with van der Waals surface area (Å²) in [4.78, 5) is 34.2. The lowest BCUT2D eigenvalue weighted by molar-refractivity contribution is -0.135. The second kappa shape index (κ2) is 7.61. The number of nitrogens with zero attached hydrogens (tertiary/aromatic N) is 4. The van der Waals surface area contributed by atoms with Gasteiger partial charge in [0.15, 0.2) is 5.58 Å². The maximum Gasteiger partial charge on any atom is 0.420 e. The topological polar surface area (TPSA) is 122 Å². The van der Waals surface area contributed by atoms with Gasteiger partial charge in [0.2, 0.25) is 15.9 Å². The molecule has 0 saturated carbocycles. The molecule has 1 unspecified atom stereocenters. The molecule has 1 aliphatic rings. The van der Waals surface area contributed by atoms with Crippen LogP contribution in [0.15, 0.2) is 62.9 Å². The molecule has 11 heteroatoms. The average Bonchev–Trinajstić information content (AvgIpc) is 3.39. The molecule has 4 heterocycles. The minimum atomic E-state index is -3.74. The lowest BCUT2D eigenvalue weighted by Crippen LogP contribution is -2.52. The van der Waals surface area contributed by atoms with Crippen LogP contribution in [0.1, 0.15) is 13.0 Å². The van der Waals surface area contributed by atoms with Crippen molar-refractivity contribution in [2.45, 2.75) is 17.9 Å². The number of carbonyl (C=O) groups is 1. The number of oxazole rings is 1. The van der Waals surface area contributed by atoms with Gasteiger partial charge in [0.1, 0.15) is 16.6 Å². The van der Waals surface area contributed by atoms with Gasteiger partial charge in [0, 0.05) is 44.0 Å². The number of benzene rings is 1. The number of para-hydroxylation sites is 2. The maximum atomic E-state index is 13.2. The molecule has 0 spiro atoms. The van der Waals surface area contributed by atoms with Crippen molar-refractivity contribution in [1.29, 1.82) is 0 Å². The summed E-state index contributed by atoms with van der Waals surface area (Å²) >= 11 is 0. The number of hydrogen-bond acceptors (Lipinski definition) is 6. The molecule has 1 saturated heterocycles. The zero-order chi connectivity index (χ0) is 22.5. The van der Waals surface area contributed by atoms with Gasteiger partial charge >= 0.3 is 5.76 Å². The number of hydrogen-bond donors (Lipinski definition) is 1. The average molecular weight is 455 g/mol. The standard InChI is InChI=1S/C21H21N5O5S/c1-14(26-16-6-2-3-7-17(16)31-21(26)28)20(27)24-9-11-25(12-10-24)32(29,30)18-13-23-19-15(18)5-4-8-22-19/h2-8,13-14H,9-12H2,1H3,(H,22,23). The third-order valence-electron chi connectivity index (χ3n) is 5.84. The second-order valence-electron chi connectivity index (χ2n) is 7.66. The van der Waals surface area contributed by atoms with Crippen LogP contribution in [0, 0.1) is 0 Å². The van der Waals surface area contributed by atoms with E-state index in [2.05, 4.69) is 9.97 Å². The van der Waals surface area contributed by atoms with E-state index < -0.39 is 21.8 Å². The number of H-pyrrole nitrogens is 1. The number of piperazine rings is 1. The fourth-order valence-corrected chi connectivity index (χ4v) is 5.73. The van der Waals surface area contributed by atoms with Gasteiger partial charge in [-0.2, -0.15) is 4.31 Å². The summed E-state index contributed by atoms with van der Waals surface area (Å²) < 4.78 is 34.3. The Morgan fingerprint density at radius 2 is 1.88 bits per heavy atom. The smallest absolute Gasteiger partial charge is 0.408 e. The van der Waals surface area contributed by atoms with E-state index in [9.17, 15) is 18.0 Å². The van der Waals surface area contributed by atoms with E-state index in [4.69, 9.17) is 4.42 Å². The molecule has 1 amide bonds. The highest BCUT2D eigenvalue weighted by Crippen LogP contribution is 2.26. The van der Waals surface area contributed by atoms with Gasteiger partial charge in [-0.25, -0.2) is 18.2 Å². The first-order valence-corrected chi connectivity index (χ1v) is 11.6. The Hall–Kier alpha value is -3.44. The molecule has 166 valence electrons. The summed E-state index contributed by atoms with van der Waals surface area (Å²) in [6, 6.07) is 9.56. The van der Waals surface area contributed by atoms with Crippen LogP contribution >= 0.6 is 0 Å². The molecule has 1 aromatic carbocycles. The van der Waals surface area contributed by atoms with Crippen LogP contribution in [0.25, 0.3) is 22.1 Å². The van der Waals surface area contributed by atoms with Crippen molar-refractivity contribution in [2.24, 2.45) is 0 Å². The van der Waals surface area contributed by atoms with E-state index in [1.54, 1.807) is 54.4 Å². The van der Waals surface area contributed by atoms with Crippen LogP contribution in [-0.4, -0.2) is 64.2 Å². The number of aromatic amines is 1. The Balaban J connectivity index is 1.33. The largest absolute Gasteiger partial charge is 0.420 e. The Bertz CT molecular complexity index is 1480. The fourth-order valence-electron chi connectivity index (χ4n) is 4.16. The summed E-state index contributed by atoms with van der Waals surface area (Å²) in [6.45, 7) is 2.43. The van der Waals surface area contributed by atoms with Crippen LogP contribution < -0.4 is 5.76 Å². The molecule has 3 aromatic heterocycles.